The molecule has 1 unspecified atom stereocenters. The summed E-state index contributed by atoms with van der Waals surface area (Å²) in [5.74, 6) is 0.0124. The fraction of sp³-hybridized carbons (Fsp3) is 0.900. The van der Waals surface area contributed by atoms with E-state index in [4.69, 9.17) is 0 Å². The predicted octanol–water partition coefficient (Wildman–Crippen LogP) is 2.19. The summed E-state index contributed by atoms with van der Waals surface area (Å²) < 4.78 is 0. The smallest absolute Gasteiger partial charge is 0.249 e. The van der Waals surface area contributed by atoms with E-state index in [2.05, 4.69) is 6.92 Å². The SMILES string of the molecule is CCCCC1CCCCN(O)C1=O. The topological polar surface area (TPSA) is 40.5 Å². The second-order valence-corrected chi connectivity index (χ2v) is 3.80. The molecule has 0 radical (unpaired) electrons. The van der Waals surface area contributed by atoms with E-state index in [-0.39, 0.29) is 11.8 Å². The maximum atomic E-state index is 11.5. The molecule has 0 bridgehead atoms. The Kier molecular flexibility index (Phi) is 4.22. The first-order valence-corrected chi connectivity index (χ1v) is 5.26. The average molecular weight is 185 g/mol. The van der Waals surface area contributed by atoms with Crippen molar-refractivity contribution >= 4 is 5.91 Å². The Labute approximate surface area is 79.7 Å². The minimum Gasteiger partial charge on any atom is -0.286 e. The first kappa shape index (κ1) is 10.5. The molecule has 1 heterocycles. The van der Waals surface area contributed by atoms with Gasteiger partial charge >= 0.3 is 0 Å². The number of carbonyl (C=O) groups is 1. The highest BCUT2D eigenvalue weighted by molar-refractivity contribution is 5.77. The van der Waals surface area contributed by atoms with Gasteiger partial charge < -0.3 is 0 Å². The summed E-state index contributed by atoms with van der Waals surface area (Å²) in [6.45, 7) is 2.64. The standard InChI is InChI=1S/C10H19NO2/c1-2-3-6-9-7-4-5-8-11(13)10(9)12/h9,13H,2-8H2,1H3. The number of unbranched alkanes of at least 4 members (excludes halogenated alkanes) is 1. The van der Waals surface area contributed by atoms with Gasteiger partial charge in [-0.05, 0) is 19.3 Å². The molecule has 1 N–H and O–H groups in total. The first-order chi connectivity index (χ1) is 6.25. The molecule has 0 aromatic rings. The van der Waals surface area contributed by atoms with Gasteiger partial charge in [0, 0.05) is 12.5 Å². The lowest BCUT2D eigenvalue weighted by Crippen LogP contribution is -2.31. The average Bonchev–Trinajstić information content (AvgIpc) is 2.28. The van der Waals surface area contributed by atoms with Crippen LogP contribution in [0.2, 0.25) is 0 Å². The highest BCUT2D eigenvalue weighted by atomic mass is 16.5. The van der Waals surface area contributed by atoms with Crippen LogP contribution in [0.15, 0.2) is 0 Å². The Hall–Kier alpha value is -0.570. The van der Waals surface area contributed by atoms with Gasteiger partial charge in [0.25, 0.3) is 0 Å². The molecule has 3 nitrogen and oxygen atoms in total. The molecule has 0 aromatic heterocycles. The zero-order valence-corrected chi connectivity index (χ0v) is 8.33. The van der Waals surface area contributed by atoms with Crippen LogP contribution < -0.4 is 0 Å². The molecule has 76 valence electrons. The minimum absolute atomic E-state index is 0.0639. The molecule has 1 atom stereocenters. The molecule has 1 saturated heterocycles. The molecular formula is C10H19NO2. The molecule has 0 aliphatic carbocycles. The second kappa shape index (κ2) is 5.22. The van der Waals surface area contributed by atoms with Crippen LogP contribution in [0, 0.1) is 5.92 Å². The van der Waals surface area contributed by atoms with Crippen LogP contribution in [-0.4, -0.2) is 22.7 Å². The number of carbonyl (C=O) groups excluding carboxylic acids is 1. The fourth-order valence-electron chi connectivity index (χ4n) is 1.82. The van der Waals surface area contributed by atoms with Crippen LogP contribution in [0.25, 0.3) is 0 Å². The highest BCUT2D eigenvalue weighted by Crippen LogP contribution is 2.21. The molecule has 1 aliphatic rings. The number of hydroxylamine groups is 2. The van der Waals surface area contributed by atoms with Gasteiger partial charge in [0.1, 0.15) is 0 Å². The van der Waals surface area contributed by atoms with Crippen molar-refractivity contribution in [2.24, 2.45) is 5.92 Å². The largest absolute Gasteiger partial charge is 0.286 e. The summed E-state index contributed by atoms with van der Waals surface area (Å²) in [4.78, 5) is 11.5. The van der Waals surface area contributed by atoms with Crippen molar-refractivity contribution < 1.29 is 10.0 Å². The van der Waals surface area contributed by atoms with Crippen molar-refractivity contribution in [3.05, 3.63) is 0 Å². The van der Waals surface area contributed by atoms with Crippen molar-refractivity contribution in [3.8, 4) is 0 Å². The quantitative estimate of drug-likeness (QED) is 0.685. The summed E-state index contributed by atoms with van der Waals surface area (Å²) in [7, 11) is 0. The molecule has 1 amide bonds. The van der Waals surface area contributed by atoms with Crippen LogP contribution in [0.3, 0.4) is 0 Å². The molecular weight excluding hydrogens is 166 g/mol. The summed E-state index contributed by atoms with van der Waals surface area (Å²) in [5, 5.41) is 10.2. The van der Waals surface area contributed by atoms with E-state index in [0.29, 0.717) is 6.54 Å². The van der Waals surface area contributed by atoms with E-state index in [9.17, 15) is 10.0 Å². The molecule has 1 fully saturated rings. The zero-order chi connectivity index (χ0) is 9.68. The summed E-state index contributed by atoms with van der Waals surface area (Å²) in [6.07, 6.45) is 6.10. The van der Waals surface area contributed by atoms with Crippen molar-refractivity contribution in [2.45, 2.75) is 45.4 Å². The monoisotopic (exact) mass is 185 g/mol. The van der Waals surface area contributed by atoms with Gasteiger partial charge in [-0.3, -0.25) is 10.0 Å². The lowest BCUT2D eigenvalue weighted by Gasteiger charge is -2.17. The van der Waals surface area contributed by atoms with E-state index >= 15 is 0 Å². The second-order valence-electron chi connectivity index (χ2n) is 3.80. The molecule has 13 heavy (non-hydrogen) atoms. The third-order valence-corrected chi connectivity index (χ3v) is 2.68. The number of hydrogen-bond acceptors (Lipinski definition) is 2. The van der Waals surface area contributed by atoms with Crippen LogP contribution in [0.5, 0.6) is 0 Å². The molecule has 0 spiro atoms. The van der Waals surface area contributed by atoms with Gasteiger partial charge in [-0.15, -0.1) is 0 Å². The third kappa shape index (κ3) is 2.99. The molecule has 1 rings (SSSR count). The van der Waals surface area contributed by atoms with Crippen molar-refractivity contribution in [3.63, 3.8) is 0 Å². The van der Waals surface area contributed by atoms with Crippen LogP contribution >= 0.6 is 0 Å². The van der Waals surface area contributed by atoms with Crippen molar-refractivity contribution in [2.75, 3.05) is 6.54 Å². The maximum absolute atomic E-state index is 11.5. The van der Waals surface area contributed by atoms with Crippen molar-refractivity contribution in [1.29, 1.82) is 0 Å². The summed E-state index contributed by atoms with van der Waals surface area (Å²) >= 11 is 0. The molecule has 0 aromatic carbocycles. The van der Waals surface area contributed by atoms with Gasteiger partial charge in [-0.2, -0.15) is 0 Å². The van der Waals surface area contributed by atoms with E-state index in [1.165, 1.54) is 0 Å². The first-order valence-electron chi connectivity index (χ1n) is 5.26. The van der Waals surface area contributed by atoms with Gasteiger partial charge in [-0.1, -0.05) is 26.2 Å². The van der Waals surface area contributed by atoms with Crippen LogP contribution in [0.1, 0.15) is 45.4 Å². The lowest BCUT2D eigenvalue weighted by molar-refractivity contribution is -0.168. The molecule has 1 aliphatic heterocycles. The van der Waals surface area contributed by atoms with E-state index < -0.39 is 0 Å². The number of rotatable bonds is 3. The zero-order valence-electron chi connectivity index (χ0n) is 8.33. The van der Waals surface area contributed by atoms with Crippen LogP contribution in [0.4, 0.5) is 0 Å². The number of amides is 1. The normalized spacial score (nSPS) is 24.6. The summed E-state index contributed by atoms with van der Waals surface area (Å²) in [5.41, 5.74) is 0. The lowest BCUT2D eigenvalue weighted by atomic mass is 9.96. The molecule has 3 heteroatoms. The van der Waals surface area contributed by atoms with Gasteiger partial charge in [0.05, 0.1) is 0 Å². The van der Waals surface area contributed by atoms with Crippen molar-refractivity contribution in [1.82, 2.24) is 5.06 Å². The molecule has 0 saturated carbocycles. The fourth-order valence-corrected chi connectivity index (χ4v) is 1.82. The Balaban J connectivity index is 2.44. The Morgan fingerprint density at radius 1 is 1.54 bits per heavy atom. The number of hydrogen-bond donors (Lipinski definition) is 1. The highest BCUT2D eigenvalue weighted by Gasteiger charge is 2.24. The maximum Gasteiger partial charge on any atom is 0.249 e. The summed E-state index contributed by atoms with van der Waals surface area (Å²) in [6, 6.07) is 0. The number of nitrogens with zero attached hydrogens (tertiary/aromatic N) is 1. The Morgan fingerprint density at radius 3 is 3.00 bits per heavy atom. The van der Waals surface area contributed by atoms with Gasteiger partial charge in [0.2, 0.25) is 5.91 Å². The van der Waals surface area contributed by atoms with Gasteiger partial charge in [-0.25, -0.2) is 5.06 Å². The van der Waals surface area contributed by atoms with E-state index in [0.717, 1.165) is 43.6 Å². The van der Waals surface area contributed by atoms with Crippen LogP contribution in [-0.2, 0) is 4.79 Å². The Bertz CT molecular complexity index is 170. The van der Waals surface area contributed by atoms with E-state index in [1.54, 1.807) is 0 Å². The Morgan fingerprint density at radius 2 is 2.31 bits per heavy atom. The minimum atomic E-state index is -0.0639. The predicted molar refractivity (Wildman–Crippen MR) is 50.4 cm³/mol. The third-order valence-electron chi connectivity index (χ3n) is 2.68. The van der Waals surface area contributed by atoms with E-state index in [1.807, 2.05) is 0 Å². The van der Waals surface area contributed by atoms with Gasteiger partial charge in [0.15, 0.2) is 0 Å².